The number of fused-ring (bicyclic) bond motifs is 1. The molecule has 3 fully saturated rings. The first-order chi connectivity index (χ1) is 27.7. The normalized spacial score (nSPS) is 20.1. The summed E-state index contributed by atoms with van der Waals surface area (Å²) in [6, 6.07) is 7.43. The zero-order chi connectivity index (χ0) is 41.6. The number of carbonyl (C=O) groups is 6. The van der Waals surface area contributed by atoms with E-state index in [2.05, 4.69) is 31.2 Å². The third kappa shape index (κ3) is 10.2. The lowest BCUT2D eigenvalue weighted by atomic mass is 9.82. The van der Waals surface area contributed by atoms with Crippen LogP contribution in [0.5, 0.6) is 5.75 Å². The molecule has 0 unspecified atom stereocenters. The first-order valence-electron chi connectivity index (χ1n) is 20.7. The molecule has 0 bridgehead atoms. The summed E-state index contributed by atoms with van der Waals surface area (Å²) in [6.45, 7) is 9.38. The lowest BCUT2D eigenvalue weighted by Gasteiger charge is -2.37. The number of amides is 5. The van der Waals surface area contributed by atoms with Crippen LogP contribution in [0.3, 0.4) is 0 Å². The highest BCUT2D eigenvalue weighted by Gasteiger charge is 2.47. The molecule has 3 aliphatic rings. The van der Waals surface area contributed by atoms with Crippen molar-refractivity contribution in [2.45, 2.75) is 135 Å². The summed E-state index contributed by atoms with van der Waals surface area (Å²) in [5.74, 6) is -3.17. The Morgan fingerprint density at radius 1 is 0.897 bits per heavy atom. The van der Waals surface area contributed by atoms with Crippen LogP contribution >= 0.6 is 0 Å². The average Bonchev–Trinajstić information content (AvgIpc) is 3.94. The number of aromatic nitrogens is 2. The number of Topliss-reactive ketones (excluding diaryl/α,β-unsaturated/α-hetero) is 1. The van der Waals surface area contributed by atoms with Gasteiger partial charge in [0.15, 0.2) is 0 Å². The molecule has 0 spiro atoms. The van der Waals surface area contributed by atoms with E-state index in [1.165, 1.54) is 23.5 Å². The molecule has 58 heavy (non-hydrogen) atoms. The predicted molar refractivity (Wildman–Crippen MR) is 217 cm³/mol. The Morgan fingerprint density at radius 2 is 1.62 bits per heavy atom. The molecule has 4 N–H and O–H groups in total. The second-order valence-electron chi connectivity index (χ2n) is 17.1. The van der Waals surface area contributed by atoms with Crippen LogP contribution < -0.4 is 26.0 Å². The van der Waals surface area contributed by atoms with Crippen molar-refractivity contribution in [3.05, 3.63) is 66.2 Å². The van der Waals surface area contributed by atoms with Gasteiger partial charge < -0.3 is 30.9 Å². The zero-order valence-corrected chi connectivity index (χ0v) is 34.2. The van der Waals surface area contributed by atoms with Crippen LogP contribution in [0.15, 0.2) is 55.0 Å². The van der Waals surface area contributed by atoms with Crippen molar-refractivity contribution < 1.29 is 33.5 Å². The van der Waals surface area contributed by atoms with Crippen molar-refractivity contribution >= 4 is 46.1 Å². The first-order valence-corrected chi connectivity index (χ1v) is 20.7. The quantitative estimate of drug-likeness (QED) is 0.162. The third-order valence-electron chi connectivity index (χ3n) is 11.5. The number of likely N-dealkylation sites (tertiary alicyclic amines) is 1. The van der Waals surface area contributed by atoms with E-state index in [1.807, 2.05) is 71.0 Å². The van der Waals surface area contributed by atoms with Crippen molar-refractivity contribution in [3.8, 4) is 5.75 Å². The summed E-state index contributed by atoms with van der Waals surface area (Å²) >= 11 is 0. The van der Waals surface area contributed by atoms with Gasteiger partial charge in [0.05, 0.1) is 18.8 Å². The number of hydrogen-bond donors (Lipinski definition) is 4. The standard InChI is InChI=1S/C44H57N7O7/c1-6-12-32(37(52)42(56)47-28-18-19-28)48-40(54)34-23-29(58-35-20-17-26(2)30-15-10-11-16-31(30)35)25-51(34)43(57)38(44(3,4)5)50-41(55)36(27-13-8-7-9-14-27)49-39(53)33-24-45-21-22-46-33/h10-11,15-17,20-22,24,27-29,32,34,36,38H,6-9,12-14,18-19,23,25H2,1-5H3,(H,47,56)(H,48,54)(H,49,53)(H,50,55)/t29-,32+,34+,36+,38-/m1/s1. The predicted octanol–water partition coefficient (Wildman–Crippen LogP) is 4.33. The van der Waals surface area contributed by atoms with Gasteiger partial charge in [0.25, 0.3) is 11.8 Å². The second kappa shape index (κ2) is 18.5. The molecule has 3 aromatic rings. The zero-order valence-electron chi connectivity index (χ0n) is 34.2. The number of hydrogen-bond acceptors (Lipinski definition) is 9. The van der Waals surface area contributed by atoms with E-state index in [0.717, 1.165) is 61.3 Å². The largest absolute Gasteiger partial charge is 0.488 e. The molecule has 310 valence electrons. The average molecular weight is 796 g/mol. The Labute approximate surface area is 340 Å². The molecule has 1 aromatic heterocycles. The number of nitrogens with zero attached hydrogens (tertiary/aromatic N) is 3. The number of carbonyl (C=O) groups excluding carboxylic acids is 6. The SMILES string of the molecule is CCC[C@H](NC(=O)[C@@H]1C[C@@H](Oc2ccc(C)c3ccccc23)CN1C(=O)[C@@H](NC(=O)[C@@H](NC(=O)c1cnccn1)C1CCCCC1)C(C)(C)C)C(=O)C(=O)NC1CC1. The van der Waals surface area contributed by atoms with Gasteiger partial charge in [-0.05, 0) is 67.4 Å². The summed E-state index contributed by atoms with van der Waals surface area (Å²) in [7, 11) is 0. The Balaban J connectivity index is 1.28. The van der Waals surface area contributed by atoms with Gasteiger partial charge in [-0.25, -0.2) is 4.98 Å². The van der Waals surface area contributed by atoms with E-state index in [9.17, 15) is 28.8 Å². The van der Waals surface area contributed by atoms with Crippen LogP contribution in [-0.2, 0) is 24.0 Å². The third-order valence-corrected chi connectivity index (χ3v) is 11.5. The summed E-state index contributed by atoms with van der Waals surface area (Å²) in [5, 5.41) is 13.3. The molecule has 2 aromatic carbocycles. The lowest BCUT2D eigenvalue weighted by molar-refractivity contribution is -0.145. The van der Waals surface area contributed by atoms with Crippen molar-refractivity contribution in [2.24, 2.45) is 11.3 Å². The van der Waals surface area contributed by atoms with Gasteiger partial charge >= 0.3 is 0 Å². The van der Waals surface area contributed by atoms with E-state index in [0.29, 0.717) is 12.2 Å². The maximum Gasteiger partial charge on any atom is 0.289 e. The van der Waals surface area contributed by atoms with E-state index < -0.39 is 71.0 Å². The number of rotatable bonds is 15. The minimum atomic E-state index is -1.12. The van der Waals surface area contributed by atoms with Crippen molar-refractivity contribution in [2.75, 3.05) is 6.54 Å². The molecule has 5 atom stereocenters. The van der Waals surface area contributed by atoms with Crippen LogP contribution in [0.4, 0.5) is 0 Å². The number of aryl methyl sites for hydroxylation is 1. The molecule has 5 amide bonds. The van der Waals surface area contributed by atoms with Crippen LogP contribution in [0.2, 0.25) is 0 Å². The number of ether oxygens (including phenoxy) is 1. The monoisotopic (exact) mass is 795 g/mol. The molecule has 6 rings (SSSR count). The summed E-state index contributed by atoms with van der Waals surface area (Å²) in [6.07, 6.45) is 10.4. The smallest absolute Gasteiger partial charge is 0.289 e. The lowest BCUT2D eigenvalue weighted by Crippen LogP contribution is -2.62. The van der Waals surface area contributed by atoms with Gasteiger partial charge in [0.2, 0.25) is 23.5 Å². The van der Waals surface area contributed by atoms with Gasteiger partial charge in [-0.15, -0.1) is 0 Å². The minimum Gasteiger partial charge on any atom is -0.488 e. The molecule has 14 heteroatoms. The Hall–Kier alpha value is -5.40. The fourth-order valence-corrected chi connectivity index (χ4v) is 8.09. The first kappa shape index (κ1) is 42.2. The molecule has 2 saturated carbocycles. The number of ketones is 1. The molecule has 2 aliphatic carbocycles. The topological polar surface area (TPSA) is 189 Å². The van der Waals surface area contributed by atoms with E-state index in [1.54, 1.807) is 0 Å². The summed E-state index contributed by atoms with van der Waals surface area (Å²) in [5.41, 5.74) is 0.305. The molecular formula is C44H57N7O7. The van der Waals surface area contributed by atoms with Crippen molar-refractivity contribution in [1.29, 1.82) is 0 Å². The van der Waals surface area contributed by atoms with Crippen LogP contribution in [0.1, 0.15) is 108 Å². The van der Waals surface area contributed by atoms with E-state index in [4.69, 9.17) is 4.74 Å². The molecule has 0 radical (unpaired) electrons. The maximum absolute atomic E-state index is 15.0. The van der Waals surface area contributed by atoms with Crippen molar-refractivity contribution in [3.63, 3.8) is 0 Å². The van der Waals surface area contributed by atoms with Gasteiger partial charge in [0, 0.05) is 30.2 Å². The fraction of sp³-hybridized carbons (Fsp3) is 0.545. The highest BCUT2D eigenvalue weighted by Crippen LogP contribution is 2.33. The molecular weight excluding hydrogens is 739 g/mol. The minimum absolute atomic E-state index is 0.0194. The van der Waals surface area contributed by atoms with Crippen LogP contribution in [0.25, 0.3) is 10.8 Å². The van der Waals surface area contributed by atoms with Gasteiger partial charge in [0.1, 0.15) is 35.7 Å². The second-order valence-corrected chi connectivity index (χ2v) is 17.1. The molecule has 2 heterocycles. The number of nitrogens with one attached hydrogen (secondary N) is 4. The summed E-state index contributed by atoms with van der Waals surface area (Å²) in [4.78, 5) is 92.7. The maximum atomic E-state index is 15.0. The van der Waals surface area contributed by atoms with Crippen molar-refractivity contribution in [1.82, 2.24) is 36.1 Å². The highest BCUT2D eigenvalue weighted by molar-refractivity contribution is 6.38. The summed E-state index contributed by atoms with van der Waals surface area (Å²) < 4.78 is 6.59. The molecule has 1 aliphatic heterocycles. The number of benzene rings is 2. The molecule has 14 nitrogen and oxygen atoms in total. The van der Waals surface area contributed by atoms with Crippen LogP contribution in [-0.4, -0.2) is 93.0 Å². The Bertz CT molecular complexity index is 1990. The Kier molecular flexibility index (Phi) is 13.4. The van der Waals surface area contributed by atoms with Gasteiger partial charge in [-0.2, -0.15) is 0 Å². The molecule has 1 saturated heterocycles. The highest BCUT2D eigenvalue weighted by atomic mass is 16.5. The van der Waals surface area contributed by atoms with E-state index >= 15 is 0 Å². The van der Waals surface area contributed by atoms with E-state index in [-0.39, 0.29) is 37.0 Å². The fourth-order valence-electron chi connectivity index (χ4n) is 8.09. The van der Waals surface area contributed by atoms with Crippen LogP contribution in [0, 0.1) is 18.3 Å². The Morgan fingerprint density at radius 3 is 2.28 bits per heavy atom. The van der Waals surface area contributed by atoms with Gasteiger partial charge in [-0.1, -0.05) is 83.7 Å². The van der Waals surface area contributed by atoms with Gasteiger partial charge in [-0.3, -0.25) is 33.8 Å².